The number of hydrogen-bond acceptors (Lipinski definition) is 6. The minimum absolute atomic E-state index is 0.0682. The summed E-state index contributed by atoms with van der Waals surface area (Å²) in [5.41, 5.74) is -2.66. The van der Waals surface area contributed by atoms with Crippen molar-refractivity contribution < 1.29 is 30.0 Å². The van der Waals surface area contributed by atoms with Gasteiger partial charge in [-0.05, 0) is 49.6 Å². The van der Waals surface area contributed by atoms with Crippen LogP contribution in [0.2, 0.25) is 0 Å². The second kappa shape index (κ2) is 7.03. The van der Waals surface area contributed by atoms with E-state index in [1.54, 1.807) is 12.2 Å². The first-order valence-electron chi connectivity index (χ1n) is 8.61. The van der Waals surface area contributed by atoms with Gasteiger partial charge in [-0.15, -0.1) is 0 Å². The lowest BCUT2D eigenvalue weighted by Gasteiger charge is -2.39. The Morgan fingerprint density at radius 2 is 2.12 bits per heavy atom. The van der Waals surface area contributed by atoms with Crippen molar-refractivity contribution in [2.75, 3.05) is 6.61 Å². The molecule has 2 aliphatic rings. The molecule has 0 fully saturated rings. The summed E-state index contributed by atoms with van der Waals surface area (Å²) in [6, 6.07) is 0. The summed E-state index contributed by atoms with van der Waals surface area (Å²) in [7, 11) is 0. The van der Waals surface area contributed by atoms with Gasteiger partial charge in [0.2, 0.25) is 0 Å². The zero-order valence-electron chi connectivity index (χ0n) is 15.1. The van der Waals surface area contributed by atoms with Crippen molar-refractivity contribution in [2.45, 2.75) is 57.5 Å². The van der Waals surface area contributed by atoms with Crippen LogP contribution in [0.1, 0.15) is 34.1 Å². The fourth-order valence-corrected chi connectivity index (χ4v) is 3.10. The smallest absolute Gasteiger partial charge is 0.189 e. The van der Waals surface area contributed by atoms with Crippen LogP contribution in [0, 0.1) is 11.8 Å². The Hall–Kier alpha value is -1.47. The average molecular weight is 352 g/mol. The largest absolute Gasteiger partial charge is 0.493 e. The third-order valence-electron chi connectivity index (χ3n) is 5.29. The van der Waals surface area contributed by atoms with Gasteiger partial charge in [0.25, 0.3) is 0 Å². The third-order valence-corrected chi connectivity index (χ3v) is 5.29. The number of ether oxygens (including phenoxy) is 1. The van der Waals surface area contributed by atoms with Gasteiger partial charge in [0, 0.05) is 5.92 Å². The Labute approximate surface area is 148 Å². The number of hydrogen-bond donors (Lipinski definition) is 4. The standard InChI is InChI=1S/C19H28O6/c1-5-11(2)16(21)18(3,23)7-6-13-8-12-9-15(20)19(4,24)17(22)14(12)10-25-13/h6-9,11,14,16-17,21-24H,5,10H2,1-4H3/b7-6+/t11-,14+,16-,17+,18+,19-/m0/s1. The van der Waals surface area contributed by atoms with Crippen molar-refractivity contribution in [1.82, 2.24) is 0 Å². The number of allylic oxidation sites excluding steroid dienone is 2. The van der Waals surface area contributed by atoms with Gasteiger partial charge in [0.15, 0.2) is 11.4 Å². The molecule has 0 amide bonds. The summed E-state index contributed by atoms with van der Waals surface area (Å²) < 4.78 is 5.57. The summed E-state index contributed by atoms with van der Waals surface area (Å²) in [4.78, 5) is 12.0. The molecule has 0 aromatic rings. The van der Waals surface area contributed by atoms with Crippen LogP contribution in [0.25, 0.3) is 0 Å². The summed E-state index contributed by atoms with van der Waals surface area (Å²) >= 11 is 0. The van der Waals surface area contributed by atoms with Crippen molar-refractivity contribution in [1.29, 1.82) is 0 Å². The zero-order valence-corrected chi connectivity index (χ0v) is 15.1. The number of ketones is 1. The second-order valence-electron chi connectivity index (χ2n) is 7.45. The molecule has 0 bridgehead atoms. The predicted molar refractivity (Wildman–Crippen MR) is 92.5 cm³/mol. The molecule has 0 unspecified atom stereocenters. The highest BCUT2D eigenvalue weighted by molar-refractivity contribution is 5.99. The molecule has 0 aromatic carbocycles. The minimum atomic E-state index is -1.82. The van der Waals surface area contributed by atoms with E-state index in [9.17, 15) is 25.2 Å². The Bertz CT molecular complexity index is 613. The Kier molecular flexibility index (Phi) is 5.59. The maximum atomic E-state index is 12.0. The Morgan fingerprint density at radius 3 is 2.72 bits per heavy atom. The van der Waals surface area contributed by atoms with E-state index in [0.717, 1.165) is 6.42 Å². The van der Waals surface area contributed by atoms with E-state index < -0.39 is 35.1 Å². The first-order valence-corrected chi connectivity index (χ1v) is 8.61. The molecular weight excluding hydrogens is 324 g/mol. The van der Waals surface area contributed by atoms with Crippen LogP contribution in [0.3, 0.4) is 0 Å². The normalized spacial score (nSPS) is 34.5. The SMILES string of the molecule is CC[C@H](C)[C@H](O)[C@](C)(O)/C=C/C1=CC2=CC(=O)[C@](C)(O)[C@H](O)[C@@H]2CO1. The zero-order chi connectivity index (χ0) is 19.0. The predicted octanol–water partition coefficient (Wildman–Crippen LogP) is 0.852. The fraction of sp³-hybridized carbons (Fsp3) is 0.632. The van der Waals surface area contributed by atoms with Gasteiger partial charge in [-0.25, -0.2) is 0 Å². The number of fused-ring (bicyclic) bond motifs is 1. The first kappa shape index (κ1) is 19.8. The molecular formula is C19H28O6. The fourth-order valence-electron chi connectivity index (χ4n) is 3.10. The maximum Gasteiger partial charge on any atom is 0.189 e. The van der Waals surface area contributed by atoms with Crippen molar-refractivity contribution in [3.05, 3.63) is 35.6 Å². The van der Waals surface area contributed by atoms with Crippen molar-refractivity contribution in [3.8, 4) is 0 Å². The quantitative estimate of drug-likeness (QED) is 0.584. The minimum Gasteiger partial charge on any atom is -0.493 e. The maximum absolute atomic E-state index is 12.0. The van der Waals surface area contributed by atoms with Gasteiger partial charge >= 0.3 is 0 Å². The molecule has 0 saturated heterocycles. The lowest BCUT2D eigenvalue weighted by Crippen LogP contribution is -2.54. The van der Waals surface area contributed by atoms with Crippen LogP contribution in [-0.2, 0) is 9.53 Å². The molecule has 1 heterocycles. The van der Waals surface area contributed by atoms with Crippen LogP contribution in [-0.4, -0.2) is 56.2 Å². The van der Waals surface area contributed by atoms with Gasteiger partial charge in [-0.3, -0.25) is 4.79 Å². The van der Waals surface area contributed by atoms with Crippen LogP contribution in [0.4, 0.5) is 0 Å². The number of aliphatic hydroxyl groups is 4. The average Bonchev–Trinajstić information content (AvgIpc) is 2.57. The van der Waals surface area contributed by atoms with Gasteiger partial charge in [0.1, 0.15) is 11.4 Å². The lowest BCUT2D eigenvalue weighted by atomic mass is 9.75. The topological polar surface area (TPSA) is 107 Å². The number of rotatable bonds is 5. The van der Waals surface area contributed by atoms with Crippen LogP contribution in [0.15, 0.2) is 35.6 Å². The molecule has 1 aliphatic carbocycles. The van der Waals surface area contributed by atoms with Crippen LogP contribution < -0.4 is 0 Å². The number of carbonyl (C=O) groups excluding carboxylic acids is 1. The third kappa shape index (κ3) is 3.87. The second-order valence-corrected chi connectivity index (χ2v) is 7.45. The lowest BCUT2D eigenvalue weighted by molar-refractivity contribution is -0.150. The highest BCUT2D eigenvalue weighted by atomic mass is 16.5. The molecule has 140 valence electrons. The summed E-state index contributed by atoms with van der Waals surface area (Å²) in [5.74, 6) is -0.690. The molecule has 4 N–H and O–H groups in total. The Balaban J connectivity index is 2.21. The summed E-state index contributed by atoms with van der Waals surface area (Å²) in [5, 5.41) is 40.9. The molecule has 6 nitrogen and oxygen atoms in total. The van der Waals surface area contributed by atoms with E-state index in [4.69, 9.17) is 4.74 Å². The monoisotopic (exact) mass is 352 g/mol. The van der Waals surface area contributed by atoms with Crippen molar-refractivity contribution in [3.63, 3.8) is 0 Å². The summed E-state index contributed by atoms with van der Waals surface area (Å²) in [6.07, 6.45) is 4.51. The molecule has 0 aromatic heterocycles. The van der Waals surface area contributed by atoms with E-state index in [1.807, 2.05) is 13.8 Å². The highest BCUT2D eigenvalue weighted by Crippen LogP contribution is 2.35. The number of aliphatic hydroxyl groups excluding tert-OH is 2. The van der Waals surface area contributed by atoms with Crippen LogP contribution >= 0.6 is 0 Å². The molecule has 25 heavy (non-hydrogen) atoms. The molecule has 2 rings (SSSR count). The van der Waals surface area contributed by atoms with Gasteiger partial charge in [-0.2, -0.15) is 0 Å². The van der Waals surface area contributed by atoms with E-state index in [2.05, 4.69) is 0 Å². The molecule has 0 spiro atoms. The van der Waals surface area contributed by atoms with E-state index in [0.29, 0.717) is 11.3 Å². The molecule has 6 atom stereocenters. The number of carbonyl (C=O) groups is 1. The van der Waals surface area contributed by atoms with Gasteiger partial charge in [-0.1, -0.05) is 20.3 Å². The van der Waals surface area contributed by atoms with Gasteiger partial charge < -0.3 is 25.2 Å². The summed E-state index contributed by atoms with van der Waals surface area (Å²) in [6.45, 7) is 6.73. The van der Waals surface area contributed by atoms with Crippen LogP contribution in [0.5, 0.6) is 0 Å². The van der Waals surface area contributed by atoms with Crippen molar-refractivity contribution in [2.24, 2.45) is 11.8 Å². The molecule has 0 radical (unpaired) electrons. The molecule has 0 saturated carbocycles. The van der Waals surface area contributed by atoms with E-state index in [-0.39, 0.29) is 12.5 Å². The van der Waals surface area contributed by atoms with Crippen molar-refractivity contribution >= 4 is 5.78 Å². The van der Waals surface area contributed by atoms with Gasteiger partial charge in [0.05, 0.1) is 18.8 Å². The molecule has 6 heteroatoms. The first-order chi connectivity index (χ1) is 11.5. The molecule has 1 aliphatic heterocycles. The van der Waals surface area contributed by atoms with E-state index >= 15 is 0 Å². The van der Waals surface area contributed by atoms with E-state index in [1.165, 1.54) is 26.0 Å². The highest BCUT2D eigenvalue weighted by Gasteiger charge is 2.47. The Morgan fingerprint density at radius 1 is 1.48 bits per heavy atom.